The Kier molecular flexibility index (Phi) is 5.62. The van der Waals surface area contributed by atoms with Crippen LogP contribution in [0.2, 0.25) is 0 Å². The smallest absolute Gasteiger partial charge is 0.253 e. The molecule has 2 saturated heterocycles. The second-order valence-electron chi connectivity index (χ2n) is 6.69. The lowest BCUT2D eigenvalue weighted by Crippen LogP contribution is -2.41. The molecule has 2 fully saturated rings. The van der Waals surface area contributed by atoms with Crippen LogP contribution in [-0.2, 0) is 19.6 Å². The number of ether oxygens (including phenoxy) is 1. The maximum absolute atomic E-state index is 12.9. The summed E-state index contributed by atoms with van der Waals surface area (Å²) in [5.74, 6) is -0.465. The van der Waals surface area contributed by atoms with E-state index in [4.69, 9.17) is 4.74 Å². The lowest BCUT2D eigenvalue weighted by atomic mass is 9.98. The Balaban J connectivity index is 1.77. The van der Waals surface area contributed by atoms with Gasteiger partial charge in [-0.25, -0.2) is 12.7 Å². The van der Waals surface area contributed by atoms with E-state index in [1.165, 1.54) is 6.07 Å². The Morgan fingerprint density at radius 1 is 1.35 bits per heavy atom. The van der Waals surface area contributed by atoms with Gasteiger partial charge >= 0.3 is 0 Å². The molecule has 7 nitrogen and oxygen atoms in total. The number of amides is 2. The van der Waals surface area contributed by atoms with E-state index in [9.17, 15) is 18.0 Å². The fourth-order valence-corrected chi connectivity index (χ4v) is 4.94. The largest absolute Gasteiger partial charge is 0.381 e. The molecule has 26 heavy (non-hydrogen) atoms. The molecule has 2 amide bonds. The fourth-order valence-electron chi connectivity index (χ4n) is 3.49. The predicted molar refractivity (Wildman–Crippen MR) is 97.5 cm³/mol. The van der Waals surface area contributed by atoms with Crippen LogP contribution in [0.4, 0.5) is 5.69 Å². The summed E-state index contributed by atoms with van der Waals surface area (Å²) in [4.78, 5) is 26.6. The Labute approximate surface area is 154 Å². The molecule has 0 aliphatic carbocycles. The van der Waals surface area contributed by atoms with Crippen LogP contribution in [0.15, 0.2) is 24.3 Å². The van der Waals surface area contributed by atoms with Gasteiger partial charge in [0.05, 0.1) is 18.0 Å². The topological polar surface area (TPSA) is 84.0 Å². The van der Waals surface area contributed by atoms with Crippen LogP contribution < -0.4 is 4.31 Å². The first-order valence-electron chi connectivity index (χ1n) is 8.95. The molecule has 1 aromatic rings. The summed E-state index contributed by atoms with van der Waals surface area (Å²) in [5.41, 5.74) is 0.635. The zero-order chi connectivity index (χ0) is 18.7. The summed E-state index contributed by atoms with van der Waals surface area (Å²) in [7, 11) is -3.63. The molecule has 8 heteroatoms. The van der Waals surface area contributed by atoms with Crippen LogP contribution in [0.25, 0.3) is 0 Å². The molecular formula is C18H24N2O5S. The number of hydrogen-bond acceptors (Lipinski definition) is 5. The van der Waals surface area contributed by atoms with Crippen molar-refractivity contribution in [2.75, 3.05) is 36.4 Å². The molecule has 3 rings (SSSR count). The van der Waals surface area contributed by atoms with Crippen molar-refractivity contribution in [1.82, 2.24) is 4.90 Å². The second kappa shape index (κ2) is 7.75. The highest BCUT2D eigenvalue weighted by molar-refractivity contribution is 7.94. The SMILES string of the molecule is CCOCC1CCCN(C(=O)c2cccc(N3C(=O)CCS3(=O)=O)c2)C1. The van der Waals surface area contributed by atoms with E-state index >= 15 is 0 Å². The van der Waals surface area contributed by atoms with Gasteiger partial charge in [-0.2, -0.15) is 0 Å². The lowest BCUT2D eigenvalue weighted by molar-refractivity contribution is -0.116. The maximum atomic E-state index is 12.9. The average molecular weight is 380 g/mol. The van der Waals surface area contributed by atoms with Crippen LogP contribution in [0, 0.1) is 5.92 Å². The molecule has 0 saturated carbocycles. The van der Waals surface area contributed by atoms with Gasteiger partial charge in [0.2, 0.25) is 15.9 Å². The molecule has 142 valence electrons. The van der Waals surface area contributed by atoms with Crippen molar-refractivity contribution in [1.29, 1.82) is 0 Å². The summed E-state index contributed by atoms with van der Waals surface area (Å²) in [6.45, 7) is 4.55. The third-order valence-electron chi connectivity index (χ3n) is 4.77. The fraction of sp³-hybridized carbons (Fsp3) is 0.556. The molecular weight excluding hydrogens is 356 g/mol. The molecule has 2 heterocycles. The summed E-state index contributed by atoms with van der Waals surface area (Å²) >= 11 is 0. The third kappa shape index (κ3) is 3.91. The maximum Gasteiger partial charge on any atom is 0.253 e. The molecule has 1 atom stereocenters. The van der Waals surface area contributed by atoms with Crippen molar-refractivity contribution < 1.29 is 22.7 Å². The van der Waals surface area contributed by atoms with E-state index in [-0.39, 0.29) is 23.8 Å². The number of likely N-dealkylation sites (tertiary alicyclic amines) is 1. The minimum absolute atomic E-state index is 0.0221. The van der Waals surface area contributed by atoms with Crippen molar-refractivity contribution in [3.63, 3.8) is 0 Å². The minimum Gasteiger partial charge on any atom is -0.381 e. The molecule has 2 aliphatic rings. The average Bonchev–Trinajstić information content (AvgIpc) is 2.92. The molecule has 2 aliphatic heterocycles. The first-order chi connectivity index (χ1) is 12.4. The van der Waals surface area contributed by atoms with Crippen LogP contribution in [0.3, 0.4) is 0 Å². The number of piperidine rings is 1. The molecule has 0 N–H and O–H groups in total. The second-order valence-corrected chi connectivity index (χ2v) is 8.63. The van der Waals surface area contributed by atoms with Crippen molar-refractivity contribution in [2.45, 2.75) is 26.2 Å². The standard InChI is InChI=1S/C18H24N2O5S/c1-2-25-13-14-5-4-9-19(12-14)18(22)15-6-3-7-16(11-15)20-17(21)8-10-26(20,23)24/h3,6-7,11,14H,2,4-5,8-10,12-13H2,1H3. The Bertz CT molecular complexity index is 793. The summed E-state index contributed by atoms with van der Waals surface area (Å²) in [6.07, 6.45) is 1.93. The van der Waals surface area contributed by atoms with Gasteiger partial charge in [-0.3, -0.25) is 9.59 Å². The van der Waals surface area contributed by atoms with Crippen molar-refractivity contribution in [2.24, 2.45) is 5.92 Å². The van der Waals surface area contributed by atoms with Crippen LogP contribution in [0.1, 0.15) is 36.5 Å². The van der Waals surface area contributed by atoms with Crippen molar-refractivity contribution >= 4 is 27.5 Å². The predicted octanol–water partition coefficient (Wildman–Crippen LogP) is 1.64. The highest BCUT2D eigenvalue weighted by Crippen LogP contribution is 2.27. The molecule has 1 aromatic carbocycles. The van der Waals surface area contributed by atoms with Gasteiger partial charge in [0, 0.05) is 31.7 Å². The number of sulfonamides is 1. The number of hydrogen-bond donors (Lipinski definition) is 0. The summed E-state index contributed by atoms with van der Waals surface area (Å²) in [5, 5.41) is 0. The van der Waals surface area contributed by atoms with E-state index < -0.39 is 15.9 Å². The molecule has 0 spiro atoms. The summed E-state index contributed by atoms with van der Waals surface area (Å²) < 4.78 is 30.5. The molecule has 0 radical (unpaired) electrons. The zero-order valence-electron chi connectivity index (χ0n) is 14.9. The van der Waals surface area contributed by atoms with E-state index in [1.54, 1.807) is 23.1 Å². The van der Waals surface area contributed by atoms with Gasteiger partial charge < -0.3 is 9.64 Å². The Hall–Kier alpha value is -1.93. The van der Waals surface area contributed by atoms with Crippen LogP contribution in [0.5, 0.6) is 0 Å². The highest BCUT2D eigenvalue weighted by Gasteiger charge is 2.36. The van der Waals surface area contributed by atoms with E-state index in [1.807, 2.05) is 6.92 Å². The monoisotopic (exact) mass is 380 g/mol. The third-order valence-corrected chi connectivity index (χ3v) is 6.46. The van der Waals surface area contributed by atoms with E-state index in [2.05, 4.69) is 0 Å². The minimum atomic E-state index is -3.63. The van der Waals surface area contributed by atoms with Gasteiger partial charge in [-0.15, -0.1) is 0 Å². The lowest BCUT2D eigenvalue weighted by Gasteiger charge is -2.32. The molecule has 1 unspecified atom stereocenters. The Morgan fingerprint density at radius 2 is 2.15 bits per heavy atom. The van der Waals surface area contributed by atoms with Gasteiger partial charge in [0.1, 0.15) is 0 Å². The Morgan fingerprint density at radius 3 is 2.85 bits per heavy atom. The van der Waals surface area contributed by atoms with E-state index in [0.717, 1.165) is 17.1 Å². The quantitative estimate of drug-likeness (QED) is 0.775. The van der Waals surface area contributed by atoms with Gasteiger partial charge in [-0.05, 0) is 43.9 Å². The normalized spacial score (nSPS) is 22.7. The number of anilines is 1. The van der Waals surface area contributed by atoms with Crippen LogP contribution in [-0.4, -0.2) is 57.2 Å². The molecule has 0 bridgehead atoms. The van der Waals surface area contributed by atoms with Gasteiger partial charge in [0.15, 0.2) is 0 Å². The number of rotatable bonds is 5. The summed E-state index contributed by atoms with van der Waals surface area (Å²) in [6, 6.07) is 6.32. The van der Waals surface area contributed by atoms with E-state index in [0.29, 0.717) is 37.8 Å². The van der Waals surface area contributed by atoms with Gasteiger partial charge in [-0.1, -0.05) is 6.07 Å². The first kappa shape index (κ1) is 18.8. The number of carbonyl (C=O) groups excluding carboxylic acids is 2. The first-order valence-corrected chi connectivity index (χ1v) is 10.6. The number of carbonyl (C=O) groups is 2. The number of benzene rings is 1. The number of nitrogens with zero attached hydrogens (tertiary/aromatic N) is 2. The van der Waals surface area contributed by atoms with Crippen molar-refractivity contribution in [3.05, 3.63) is 29.8 Å². The van der Waals surface area contributed by atoms with Gasteiger partial charge in [0.25, 0.3) is 5.91 Å². The van der Waals surface area contributed by atoms with Crippen molar-refractivity contribution in [3.8, 4) is 0 Å². The zero-order valence-corrected chi connectivity index (χ0v) is 15.7. The molecule has 0 aromatic heterocycles. The highest BCUT2D eigenvalue weighted by atomic mass is 32.2. The van der Waals surface area contributed by atoms with Crippen LogP contribution >= 0.6 is 0 Å².